The number of thiazole rings is 1. The molecular weight excluding hydrogens is 404 g/mol. The number of aromatic hydroxyl groups is 1. The van der Waals surface area contributed by atoms with E-state index in [2.05, 4.69) is 0 Å². The van der Waals surface area contributed by atoms with E-state index < -0.39 is 5.97 Å². The van der Waals surface area contributed by atoms with Crippen LogP contribution in [0.25, 0.3) is 11.6 Å². The molecule has 2 N–H and O–H groups in total. The molecule has 4 rings (SSSR count). The molecule has 1 aromatic heterocycles. The van der Waals surface area contributed by atoms with Crippen LogP contribution in [-0.4, -0.2) is 26.5 Å². The van der Waals surface area contributed by atoms with Crippen LogP contribution in [0, 0.1) is 3.95 Å². The third kappa shape index (κ3) is 3.92. The molecule has 7 heteroatoms. The molecule has 0 radical (unpaired) electrons. The number of nitrogens with zero attached hydrogens (tertiary/aromatic N) is 2. The number of hydrogen-bond acceptors (Lipinski definition) is 5. The summed E-state index contributed by atoms with van der Waals surface area (Å²) in [7, 11) is 0. The molecule has 0 saturated heterocycles. The number of aliphatic carboxylic acids is 1. The van der Waals surface area contributed by atoms with Crippen molar-refractivity contribution < 1.29 is 15.0 Å². The first kappa shape index (κ1) is 19.3. The molecule has 0 aliphatic carbocycles. The Labute approximate surface area is 176 Å². The number of carboxylic acid groups (broad SMARTS) is 1. The fourth-order valence-electron chi connectivity index (χ4n) is 3.29. The number of aliphatic imine (C=N–C) groups is 1. The first-order chi connectivity index (χ1) is 14.0. The van der Waals surface area contributed by atoms with E-state index in [-0.39, 0.29) is 12.3 Å². The summed E-state index contributed by atoms with van der Waals surface area (Å²) in [5.41, 5.74) is 4.67. The first-order valence-corrected chi connectivity index (χ1v) is 10.4. The van der Waals surface area contributed by atoms with Gasteiger partial charge in [-0.1, -0.05) is 48.5 Å². The minimum Gasteiger partial charge on any atom is -0.493 e. The molecule has 0 bridgehead atoms. The summed E-state index contributed by atoms with van der Waals surface area (Å²) in [4.78, 5) is 16.2. The molecule has 2 aromatic carbocycles. The van der Waals surface area contributed by atoms with E-state index >= 15 is 0 Å². The Hall–Kier alpha value is -3.03. The number of aromatic nitrogens is 1. The maximum atomic E-state index is 10.8. The van der Waals surface area contributed by atoms with E-state index in [0.717, 1.165) is 28.1 Å². The number of para-hydroxylation sites is 1. The number of carbonyl (C=O) groups is 1. The summed E-state index contributed by atoms with van der Waals surface area (Å²) < 4.78 is 2.11. The highest BCUT2D eigenvalue weighted by atomic mass is 32.1. The van der Waals surface area contributed by atoms with Crippen molar-refractivity contribution in [2.45, 2.75) is 19.4 Å². The summed E-state index contributed by atoms with van der Waals surface area (Å²) in [6.45, 7) is 0.368. The van der Waals surface area contributed by atoms with E-state index in [9.17, 15) is 9.90 Å². The second-order valence-corrected chi connectivity index (χ2v) is 8.28. The van der Waals surface area contributed by atoms with Crippen molar-refractivity contribution in [2.24, 2.45) is 4.99 Å². The van der Waals surface area contributed by atoms with Gasteiger partial charge in [-0.3, -0.25) is 9.36 Å². The van der Waals surface area contributed by atoms with Gasteiger partial charge < -0.3 is 10.2 Å². The smallest absolute Gasteiger partial charge is 0.303 e. The summed E-state index contributed by atoms with van der Waals surface area (Å²) in [5.74, 6) is -0.797. The molecule has 5 nitrogen and oxygen atoms in total. The summed E-state index contributed by atoms with van der Waals surface area (Å²) >= 11 is 6.70. The Balaban J connectivity index is 1.75. The van der Waals surface area contributed by atoms with Gasteiger partial charge >= 0.3 is 5.97 Å². The molecule has 0 spiro atoms. The van der Waals surface area contributed by atoms with Crippen molar-refractivity contribution in [1.82, 2.24) is 4.57 Å². The number of fused-ring (bicyclic) bond motifs is 1. The molecule has 1 aliphatic rings. The Kier molecular flexibility index (Phi) is 5.42. The zero-order valence-corrected chi connectivity index (χ0v) is 17.0. The van der Waals surface area contributed by atoms with Crippen LogP contribution in [0.5, 0.6) is 5.88 Å². The van der Waals surface area contributed by atoms with Crippen molar-refractivity contribution in [3.63, 3.8) is 0 Å². The van der Waals surface area contributed by atoms with Crippen molar-refractivity contribution in [2.75, 3.05) is 0 Å². The molecule has 0 amide bonds. The third-order valence-electron chi connectivity index (χ3n) is 4.67. The molecule has 3 aromatic rings. The van der Waals surface area contributed by atoms with Crippen LogP contribution >= 0.6 is 23.6 Å². The number of hydrogen-bond donors (Lipinski definition) is 2. The molecule has 2 heterocycles. The van der Waals surface area contributed by atoms with Gasteiger partial charge in [0.15, 0.2) is 3.95 Å². The number of carboxylic acids is 1. The summed E-state index contributed by atoms with van der Waals surface area (Å²) in [6, 6.07) is 17.8. The average Bonchev–Trinajstić information content (AvgIpc) is 3.21. The van der Waals surface area contributed by atoms with E-state index in [0.29, 0.717) is 21.8 Å². The Morgan fingerprint density at radius 2 is 1.86 bits per heavy atom. The highest BCUT2D eigenvalue weighted by Crippen LogP contribution is 2.40. The zero-order chi connectivity index (χ0) is 20.4. The second kappa shape index (κ2) is 8.14. The van der Waals surface area contributed by atoms with Gasteiger partial charge in [-0.05, 0) is 30.8 Å². The zero-order valence-electron chi connectivity index (χ0n) is 15.4. The average molecular weight is 423 g/mol. The standard InChI is InChI=1S/C22H18N2O3S2/c25-19(26)11-6-12-24-21(27)18(29-22(24)28)13-16-15-9-4-5-10-17(15)23-20(16)14-7-2-1-3-8-14/h1-5,7-10,13,27H,6,11-12H2,(H,25,26). The summed E-state index contributed by atoms with van der Waals surface area (Å²) in [6.07, 6.45) is 2.36. The lowest BCUT2D eigenvalue weighted by Crippen LogP contribution is -2.01. The SMILES string of the molecule is O=C(O)CCCn1c(O)c(C=C2C(c3ccccc3)=Nc3ccccc32)sc1=S. The Bertz CT molecular complexity index is 1190. The topological polar surface area (TPSA) is 74.8 Å². The fraction of sp³-hybridized carbons (Fsp3) is 0.136. The lowest BCUT2D eigenvalue weighted by Gasteiger charge is -2.06. The maximum absolute atomic E-state index is 10.8. The molecule has 0 unspecified atom stereocenters. The lowest BCUT2D eigenvalue weighted by atomic mass is 9.97. The van der Waals surface area contributed by atoms with Crippen molar-refractivity contribution >= 4 is 52.6 Å². The van der Waals surface area contributed by atoms with Crippen molar-refractivity contribution in [3.8, 4) is 5.88 Å². The third-order valence-corrected chi connectivity index (χ3v) is 6.06. The molecule has 0 atom stereocenters. The second-order valence-electron chi connectivity index (χ2n) is 6.61. The van der Waals surface area contributed by atoms with Gasteiger partial charge in [0.2, 0.25) is 5.88 Å². The van der Waals surface area contributed by atoms with E-state index in [4.69, 9.17) is 22.3 Å². The van der Waals surface area contributed by atoms with Gasteiger partial charge in [0.05, 0.1) is 16.3 Å². The first-order valence-electron chi connectivity index (χ1n) is 9.14. The van der Waals surface area contributed by atoms with Crippen LogP contribution in [0.15, 0.2) is 59.6 Å². The minimum absolute atomic E-state index is 0.0334. The normalized spacial score (nSPS) is 14.1. The van der Waals surface area contributed by atoms with Crippen LogP contribution in [0.1, 0.15) is 28.8 Å². The van der Waals surface area contributed by atoms with Crippen LogP contribution in [-0.2, 0) is 11.3 Å². The predicted molar refractivity (Wildman–Crippen MR) is 119 cm³/mol. The predicted octanol–water partition coefficient (Wildman–Crippen LogP) is 5.52. The lowest BCUT2D eigenvalue weighted by molar-refractivity contribution is -0.137. The van der Waals surface area contributed by atoms with Crippen LogP contribution in [0.2, 0.25) is 0 Å². The highest BCUT2D eigenvalue weighted by molar-refractivity contribution is 7.73. The van der Waals surface area contributed by atoms with Gasteiger partial charge in [0.1, 0.15) is 0 Å². The van der Waals surface area contributed by atoms with Crippen LogP contribution in [0.3, 0.4) is 0 Å². The summed E-state index contributed by atoms with van der Waals surface area (Å²) in [5, 5.41) is 19.6. The van der Waals surface area contributed by atoms with Gasteiger partial charge in [-0.25, -0.2) is 4.99 Å². The molecule has 0 fully saturated rings. The van der Waals surface area contributed by atoms with E-state index in [1.54, 1.807) is 4.57 Å². The molecule has 146 valence electrons. The molecule has 29 heavy (non-hydrogen) atoms. The number of rotatable bonds is 6. The van der Waals surface area contributed by atoms with Crippen molar-refractivity contribution in [3.05, 3.63) is 74.6 Å². The Morgan fingerprint density at radius 1 is 1.14 bits per heavy atom. The quantitative estimate of drug-likeness (QED) is 0.513. The maximum Gasteiger partial charge on any atom is 0.303 e. The molecule has 0 saturated carbocycles. The largest absolute Gasteiger partial charge is 0.493 e. The van der Waals surface area contributed by atoms with Crippen LogP contribution < -0.4 is 0 Å². The van der Waals surface area contributed by atoms with E-state index in [1.807, 2.05) is 60.7 Å². The van der Waals surface area contributed by atoms with Crippen LogP contribution in [0.4, 0.5) is 5.69 Å². The van der Waals surface area contributed by atoms with Crippen molar-refractivity contribution in [1.29, 1.82) is 0 Å². The number of benzene rings is 2. The molecule has 1 aliphatic heterocycles. The van der Waals surface area contributed by atoms with E-state index in [1.165, 1.54) is 11.3 Å². The number of allylic oxidation sites excluding steroid dienone is 1. The Morgan fingerprint density at radius 3 is 2.62 bits per heavy atom. The van der Waals surface area contributed by atoms with Gasteiger partial charge in [-0.2, -0.15) is 0 Å². The van der Waals surface area contributed by atoms with Gasteiger partial charge in [0, 0.05) is 29.7 Å². The minimum atomic E-state index is -0.861. The fourth-order valence-corrected chi connectivity index (χ4v) is 4.60. The van der Waals surface area contributed by atoms with Gasteiger partial charge in [-0.15, -0.1) is 11.3 Å². The molecular formula is C22H18N2O3S2. The highest BCUT2D eigenvalue weighted by Gasteiger charge is 2.23. The van der Waals surface area contributed by atoms with Gasteiger partial charge in [0.25, 0.3) is 0 Å². The monoisotopic (exact) mass is 422 g/mol.